The van der Waals surface area contributed by atoms with Crippen molar-refractivity contribution in [1.29, 1.82) is 0 Å². The fraction of sp³-hybridized carbons (Fsp3) is 0.471. The van der Waals surface area contributed by atoms with Crippen molar-refractivity contribution in [1.82, 2.24) is 15.1 Å². The van der Waals surface area contributed by atoms with Gasteiger partial charge in [-0.3, -0.25) is 4.79 Å². The Kier molecular flexibility index (Phi) is 7.10. The first-order chi connectivity index (χ1) is 11.9. The van der Waals surface area contributed by atoms with Gasteiger partial charge in [0.2, 0.25) is 5.13 Å². The summed E-state index contributed by atoms with van der Waals surface area (Å²) >= 11 is 6.84. The van der Waals surface area contributed by atoms with Gasteiger partial charge in [0.15, 0.2) is 17.2 Å². The smallest absolute Gasteiger partial charge is 0.275 e. The number of carbonyl (C=O) groups is 1. The number of aryl methyl sites for hydroxylation is 2. The van der Waals surface area contributed by atoms with Gasteiger partial charge in [-0.2, -0.15) is 4.68 Å². The number of anilines is 2. The molecule has 0 spiro atoms. The zero-order chi connectivity index (χ0) is 18.4. The molecule has 1 aromatic carbocycles. The first-order valence-corrected chi connectivity index (χ1v) is 9.61. The maximum atomic E-state index is 11.8. The number of benzene rings is 1. The van der Waals surface area contributed by atoms with Crippen molar-refractivity contribution in [3.05, 3.63) is 33.3 Å². The van der Waals surface area contributed by atoms with Crippen LogP contribution in [0.4, 0.5) is 10.8 Å². The third-order valence-corrected chi connectivity index (χ3v) is 5.04. The second-order valence-corrected chi connectivity index (χ2v) is 7.86. The molecule has 0 aliphatic carbocycles. The number of aromatic nitrogens is 2. The molecular formula is C17H26N5OS2+. The average Bonchev–Trinajstić information content (AvgIpc) is 2.88. The van der Waals surface area contributed by atoms with Gasteiger partial charge >= 0.3 is 0 Å². The lowest BCUT2D eigenvalue weighted by Crippen LogP contribution is -3.09. The predicted octanol–water partition coefficient (Wildman–Crippen LogP) is 2.03. The molecule has 1 heterocycles. The van der Waals surface area contributed by atoms with Gasteiger partial charge in [0, 0.05) is 12.2 Å². The number of nitrogens with one attached hydrogen (secondary N) is 3. The van der Waals surface area contributed by atoms with Gasteiger partial charge in [-0.25, -0.2) is 0 Å². The van der Waals surface area contributed by atoms with E-state index in [1.807, 2.05) is 20.0 Å². The number of amides is 1. The van der Waals surface area contributed by atoms with Gasteiger partial charge in [0.1, 0.15) is 0 Å². The lowest BCUT2D eigenvalue weighted by atomic mass is 10.1. The first-order valence-electron chi connectivity index (χ1n) is 8.39. The van der Waals surface area contributed by atoms with E-state index in [4.69, 9.17) is 12.2 Å². The van der Waals surface area contributed by atoms with Gasteiger partial charge in [0.05, 0.1) is 7.05 Å². The first kappa shape index (κ1) is 19.6. The zero-order valence-corrected chi connectivity index (χ0v) is 16.8. The lowest BCUT2D eigenvalue weighted by molar-refractivity contribution is -0.895. The Morgan fingerprint density at radius 1 is 1.36 bits per heavy atom. The van der Waals surface area contributed by atoms with Crippen molar-refractivity contribution in [3.63, 3.8) is 0 Å². The molecule has 0 saturated heterocycles. The second kappa shape index (κ2) is 9.07. The number of hydrogen-bond donors (Lipinski definition) is 3. The van der Waals surface area contributed by atoms with E-state index in [9.17, 15) is 4.79 Å². The zero-order valence-electron chi connectivity index (χ0n) is 15.2. The summed E-state index contributed by atoms with van der Waals surface area (Å²) in [6.07, 6.45) is 0.940. The van der Waals surface area contributed by atoms with Crippen LogP contribution in [0.25, 0.3) is 0 Å². The molecule has 0 radical (unpaired) electrons. The molecule has 25 heavy (non-hydrogen) atoms. The lowest BCUT2D eigenvalue weighted by Gasteiger charge is -2.13. The number of rotatable bonds is 8. The van der Waals surface area contributed by atoms with Crippen LogP contribution in [0.2, 0.25) is 0 Å². The molecule has 136 valence electrons. The van der Waals surface area contributed by atoms with Gasteiger partial charge < -0.3 is 15.5 Å². The SMILES string of the molecule is CCCNC(=O)C[NH+](C)Cn1nc(Nc2ccc(C)c(C)c2)sc1=S. The van der Waals surface area contributed by atoms with E-state index in [1.165, 1.54) is 22.5 Å². The van der Waals surface area contributed by atoms with Crippen LogP contribution >= 0.6 is 23.6 Å². The fourth-order valence-corrected chi connectivity index (χ4v) is 3.34. The third kappa shape index (κ3) is 5.91. The number of carbonyl (C=O) groups excluding carboxylic acids is 1. The van der Waals surface area contributed by atoms with E-state index in [0.29, 0.717) is 23.7 Å². The Morgan fingerprint density at radius 3 is 2.80 bits per heavy atom. The Hall–Kier alpha value is -1.77. The van der Waals surface area contributed by atoms with Crippen LogP contribution in [0.3, 0.4) is 0 Å². The summed E-state index contributed by atoms with van der Waals surface area (Å²) in [5, 5.41) is 11.5. The third-order valence-electron chi connectivity index (χ3n) is 3.82. The molecule has 1 unspecified atom stereocenters. The van der Waals surface area contributed by atoms with Crippen LogP contribution in [-0.2, 0) is 11.5 Å². The Morgan fingerprint density at radius 2 is 2.12 bits per heavy atom. The summed E-state index contributed by atoms with van der Waals surface area (Å²) in [6, 6.07) is 6.22. The van der Waals surface area contributed by atoms with E-state index < -0.39 is 0 Å². The Labute approximate surface area is 157 Å². The van der Waals surface area contributed by atoms with E-state index >= 15 is 0 Å². The number of nitrogens with zero attached hydrogens (tertiary/aromatic N) is 2. The van der Waals surface area contributed by atoms with Crippen molar-refractivity contribution < 1.29 is 9.69 Å². The molecule has 1 amide bonds. The molecule has 2 rings (SSSR count). The molecule has 1 atom stereocenters. The minimum absolute atomic E-state index is 0.0505. The number of likely N-dealkylation sites (N-methyl/N-ethyl adjacent to an activating group) is 1. The van der Waals surface area contributed by atoms with Crippen molar-refractivity contribution >= 4 is 40.3 Å². The largest absolute Gasteiger partial charge is 0.351 e. The highest BCUT2D eigenvalue weighted by Crippen LogP contribution is 2.21. The molecule has 0 aliphatic heterocycles. The fourth-order valence-electron chi connectivity index (χ4n) is 2.31. The van der Waals surface area contributed by atoms with E-state index in [2.05, 4.69) is 41.7 Å². The predicted molar refractivity (Wildman–Crippen MR) is 105 cm³/mol. The van der Waals surface area contributed by atoms with Gasteiger partial charge in [-0.1, -0.05) is 24.3 Å². The van der Waals surface area contributed by atoms with Crippen LogP contribution in [0.1, 0.15) is 24.5 Å². The molecule has 8 heteroatoms. The summed E-state index contributed by atoms with van der Waals surface area (Å²) < 4.78 is 2.46. The van der Waals surface area contributed by atoms with Crippen LogP contribution in [0.5, 0.6) is 0 Å². The van der Waals surface area contributed by atoms with Crippen molar-refractivity contribution in [2.75, 3.05) is 25.5 Å². The Balaban J connectivity index is 1.98. The van der Waals surface area contributed by atoms with Gasteiger partial charge in [-0.15, -0.1) is 5.10 Å². The number of quaternary nitrogens is 1. The van der Waals surface area contributed by atoms with Gasteiger partial charge in [-0.05, 0) is 55.7 Å². The summed E-state index contributed by atoms with van der Waals surface area (Å²) in [7, 11) is 1.96. The topological polar surface area (TPSA) is 63.4 Å². The van der Waals surface area contributed by atoms with Crippen molar-refractivity contribution in [2.45, 2.75) is 33.9 Å². The molecule has 0 fully saturated rings. The quantitative estimate of drug-likeness (QED) is 0.613. The maximum Gasteiger partial charge on any atom is 0.275 e. The minimum Gasteiger partial charge on any atom is -0.351 e. The van der Waals surface area contributed by atoms with E-state index in [1.54, 1.807) is 4.68 Å². The molecule has 0 saturated carbocycles. The summed E-state index contributed by atoms with van der Waals surface area (Å²) in [6.45, 7) is 7.89. The second-order valence-electron chi connectivity index (χ2n) is 6.24. The summed E-state index contributed by atoms with van der Waals surface area (Å²) in [5.74, 6) is 0.0505. The maximum absolute atomic E-state index is 11.8. The van der Waals surface area contributed by atoms with E-state index in [-0.39, 0.29) is 5.91 Å². The highest BCUT2D eigenvalue weighted by molar-refractivity contribution is 7.73. The van der Waals surface area contributed by atoms with Crippen molar-refractivity contribution in [2.24, 2.45) is 0 Å². The van der Waals surface area contributed by atoms with E-state index in [0.717, 1.165) is 22.1 Å². The van der Waals surface area contributed by atoms with Crippen LogP contribution in [0.15, 0.2) is 18.2 Å². The molecule has 0 bridgehead atoms. The normalized spacial score (nSPS) is 12.0. The minimum atomic E-state index is 0.0505. The molecule has 2 aromatic rings. The summed E-state index contributed by atoms with van der Waals surface area (Å²) in [5.41, 5.74) is 3.49. The number of hydrogen-bond acceptors (Lipinski definition) is 5. The molecule has 3 N–H and O–H groups in total. The molecule has 1 aromatic heterocycles. The molecule has 0 aliphatic rings. The van der Waals surface area contributed by atoms with Crippen molar-refractivity contribution in [3.8, 4) is 0 Å². The average molecular weight is 381 g/mol. The Bertz CT molecular complexity index is 784. The highest BCUT2D eigenvalue weighted by Gasteiger charge is 2.12. The monoisotopic (exact) mass is 380 g/mol. The molecule has 6 nitrogen and oxygen atoms in total. The standard InChI is InChI=1S/C17H25N5OS2/c1-5-8-18-15(23)10-21(4)11-22-17(24)25-16(20-22)19-14-7-6-12(2)13(3)9-14/h6-7,9H,5,8,10-11H2,1-4H3,(H,18,23)(H,19,20)/p+1. The van der Waals surface area contributed by atoms with Gasteiger partial charge in [0.25, 0.3) is 5.91 Å². The summed E-state index contributed by atoms with van der Waals surface area (Å²) in [4.78, 5) is 12.8. The van der Waals surface area contributed by atoms with Crippen LogP contribution < -0.4 is 15.5 Å². The molecular weight excluding hydrogens is 354 g/mol. The van der Waals surface area contributed by atoms with Crippen LogP contribution in [0, 0.1) is 17.8 Å². The highest BCUT2D eigenvalue weighted by atomic mass is 32.1. The van der Waals surface area contributed by atoms with Crippen LogP contribution in [-0.4, -0.2) is 35.8 Å².